The second kappa shape index (κ2) is 59.9. The number of aliphatic hydroxyl groups excluding tert-OH is 4. The van der Waals surface area contributed by atoms with Gasteiger partial charge in [0.1, 0.15) is 12.2 Å². The molecule has 0 rings (SSSR count). The normalized spacial score (nSPS) is 14.0. The minimum atomic E-state index is -1.30. The Bertz CT molecular complexity index is 1230. The number of nitrogens with one attached hydrogen (secondary N) is 1. The molecule has 6 heteroatoms. The smallest absolute Gasteiger partial charge is 0.249 e. The lowest BCUT2D eigenvalue weighted by atomic mass is 10.00. The third-order valence-electron chi connectivity index (χ3n) is 14.7. The third kappa shape index (κ3) is 52.9. The molecule has 0 aromatic heterocycles. The molecule has 0 spiro atoms. The van der Waals surface area contributed by atoms with Crippen LogP contribution in [0.25, 0.3) is 0 Å². The number of aliphatic hydroxyl groups is 4. The van der Waals surface area contributed by atoms with Gasteiger partial charge in [-0.2, -0.15) is 0 Å². The lowest BCUT2D eigenvalue weighted by Crippen LogP contribution is -2.53. The van der Waals surface area contributed by atoms with E-state index >= 15 is 0 Å². The van der Waals surface area contributed by atoms with Crippen LogP contribution in [0.1, 0.15) is 322 Å². The molecule has 0 radical (unpaired) electrons. The molecule has 4 atom stereocenters. The molecule has 0 saturated carbocycles. The van der Waals surface area contributed by atoms with Crippen LogP contribution in [0.3, 0.4) is 0 Å². The molecule has 0 aromatic rings. The summed E-state index contributed by atoms with van der Waals surface area (Å²) in [7, 11) is 0. The minimum absolute atomic E-state index is 0.358. The molecule has 0 aliphatic carbocycles. The summed E-state index contributed by atoms with van der Waals surface area (Å²) >= 11 is 0. The number of unbranched alkanes of at least 4 members (excludes halogenated alkanes) is 39. The Kier molecular flexibility index (Phi) is 58.2. The zero-order chi connectivity index (χ0) is 52.3. The van der Waals surface area contributed by atoms with Crippen molar-refractivity contribution < 1.29 is 25.2 Å². The molecule has 0 fully saturated rings. The van der Waals surface area contributed by atoms with Crippen LogP contribution in [0, 0.1) is 0 Å². The van der Waals surface area contributed by atoms with Gasteiger partial charge < -0.3 is 25.7 Å². The van der Waals surface area contributed by atoms with Crippen molar-refractivity contribution in [2.45, 2.75) is 346 Å². The van der Waals surface area contributed by atoms with Gasteiger partial charge in [-0.15, -0.1) is 0 Å². The second-order valence-electron chi connectivity index (χ2n) is 21.7. The highest BCUT2D eigenvalue weighted by Gasteiger charge is 2.28. The van der Waals surface area contributed by atoms with Crippen LogP contribution in [0.2, 0.25) is 0 Å². The van der Waals surface area contributed by atoms with Crippen LogP contribution in [-0.4, -0.2) is 57.3 Å². The molecule has 4 unspecified atom stereocenters. The van der Waals surface area contributed by atoms with Crippen LogP contribution in [0.4, 0.5) is 0 Å². The topological polar surface area (TPSA) is 110 Å². The van der Waals surface area contributed by atoms with Gasteiger partial charge in [-0.05, 0) is 96.3 Å². The molecule has 1 amide bonds. The fourth-order valence-electron chi connectivity index (χ4n) is 9.71. The van der Waals surface area contributed by atoms with E-state index in [1.807, 2.05) is 0 Å². The summed E-state index contributed by atoms with van der Waals surface area (Å²) < 4.78 is 0. The van der Waals surface area contributed by atoms with Crippen molar-refractivity contribution in [3.05, 3.63) is 60.8 Å². The van der Waals surface area contributed by atoms with Gasteiger partial charge in [0.05, 0.1) is 18.8 Å². The van der Waals surface area contributed by atoms with Gasteiger partial charge in [-0.1, -0.05) is 286 Å². The number of carbonyl (C=O) groups excluding carboxylic acids is 1. The lowest BCUT2D eigenvalue weighted by Gasteiger charge is -2.27. The zero-order valence-electron chi connectivity index (χ0n) is 47.9. The molecule has 0 aromatic carbocycles. The average Bonchev–Trinajstić information content (AvgIpc) is 3.39. The Morgan fingerprint density at radius 1 is 0.347 bits per heavy atom. The summed E-state index contributed by atoms with van der Waals surface area (Å²) in [5.41, 5.74) is 0. The van der Waals surface area contributed by atoms with E-state index in [9.17, 15) is 25.2 Å². The Labute approximate surface area is 448 Å². The van der Waals surface area contributed by atoms with Crippen LogP contribution >= 0.6 is 0 Å². The van der Waals surface area contributed by atoms with E-state index in [1.54, 1.807) is 0 Å². The monoisotopic (exact) mass is 1010 g/mol. The maximum absolute atomic E-state index is 12.6. The molecular formula is C66H123NO5. The highest BCUT2D eigenvalue weighted by Crippen LogP contribution is 2.17. The van der Waals surface area contributed by atoms with Crippen LogP contribution in [0.15, 0.2) is 60.8 Å². The third-order valence-corrected chi connectivity index (χ3v) is 14.7. The van der Waals surface area contributed by atoms with Crippen LogP contribution in [0.5, 0.6) is 0 Å². The molecule has 0 saturated heterocycles. The highest BCUT2D eigenvalue weighted by molar-refractivity contribution is 5.80. The van der Waals surface area contributed by atoms with E-state index in [0.29, 0.717) is 19.3 Å². The van der Waals surface area contributed by atoms with Gasteiger partial charge in [-0.25, -0.2) is 0 Å². The Morgan fingerprint density at radius 3 is 0.958 bits per heavy atom. The Hall–Kier alpha value is -1.99. The maximum atomic E-state index is 12.6. The Morgan fingerprint density at radius 2 is 0.625 bits per heavy atom. The van der Waals surface area contributed by atoms with Gasteiger partial charge in [-0.3, -0.25) is 4.79 Å². The molecule has 72 heavy (non-hydrogen) atoms. The predicted octanol–water partition coefficient (Wildman–Crippen LogP) is 19.1. The van der Waals surface area contributed by atoms with Crippen LogP contribution in [-0.2, 0) is 4.79 Å². The van der Waals surface area contributed by atoms with Crippen molar-refractivity contribution in [3.63, 3.8) is 0 Å². The van der Waals surface area contributed by atoms with E-state index in [2.05, 4.69) is 79.9 Å². The molecule has 0 heterocycles. The number of rotatable bonds is 58. The van der Waals surface area contributed by atoms with Crippen molar-refractivity contribution in [2.24, 2.45) is 0 Å². The van der Waals surface area contributed by atoms with E-state index in [1.165, 1.54) is 231 Å². The fraction of sp³-hybridized carbons (Fsp3) is 0.833. The van der Waals surface area contributed by atoms with Crippen molar-refractivity contribution in [3.8, 4) is 0 Å². The zero-order valence-corrected chi connectivity index (χ0v) is 47.9. The lowest BCUT2D eigenvalue weighted by molar-refractivity contribution is -0.132. The van der Waals surface area contributed by atoms with E-state index in [0.717, 1.165) is 57.8 Å². The summed E-state index contributed by atoms with van der Waals surface area (Å²) in [6, 6.07) is -1.01. The van der Waals surface area contributed by atoms with Crippen molar-refractivity contribution in [1.29, 1.82) is 0 Å². The standard InChI is InChI=1S/C66H123NO5/c1-3-5-7-9-11-13-15-17-19-21-23-25-27-29-30-31-32-33-34-35-36-38-40-42-44-46-48-50-52-54-56-58-60-64(70)66(72)67-62(61-68)65(71)63(69)59-57-55-53-51-49-47-45-43-41-39-37-28-26-24-22-20-18-16-14-12-10-8-6-4-2/h23,25,28-30,37,43,45,51,53,62-65,68-71H,3-22,24,26-27,31-36,38-42,44,46-50,52,54-61H2,1-2H3,(H,67,72)/b25-23-,30-29-,37-28+,45-43+,53-51+. The highest BCUT2D eigenvalue weighted by atomic mass is 16.3. The fourth-order valence-corrected chi connectivity index (χ4v) is 9.71. The number of hydrogen-bond acceptors (Lipinski definition) is 5. The van der Waals surface area contributed by atoms with Gasteiger partial charge in [0.2, 0.25) is 5.91 Å². The van der Waals surface area contributed by atoms with Gasteiger partial charge in [0.15, 0.2) is 0 Å². The SMILES string of the molecule is CCCCCCCCCCC/C=C\C/C=C\CCCCCCCCCCCCCCCCCCC(O)C(=O)NC(CO)C(O)C(O)CCC/C=C/CC/C=C/CC/C=C/CCCCCCCCCCCCC. The molecule has 5 N–H and O–H groups in total. The molecule has 0 aliphatic rings. The summed E-state index contributed by atoms with van der Waals surface area (Å²) in [6.45, 7) is 4.07. The first-order valence-electron chi connectivity index (χ1n) is 31.7. The first kappa shape index (κ1) is 70.0. The first-order valence-corrected chi connectivity index (χ1v) is 31.7. The summed E-state index contributed by atoms with van der Waals surface area (Å²) in [5, 5.41) is 44.1. The van der Waals surface area contributed by atoms with Crippen molar-refractivity contribution in [2.75, 3.05) is 6.61 Å². The van der Waals surface area contributed by atoms with E-state index < -0.39 is 36.9 Å². The van der Waals surface area contributed by atoms with Crippen LogP contribution < -0.4 is 5.32 Å². The number of amides is 1. The molecular weight excluding hydrogens is 887 g/mol. The molecule has 422 valence electrons. The van der Waals surface area contributed by atoms with Gasteiger partial charge >= 0.3 is 0 Å². The predicted molar refractivity (Wildman–Crippen MR) is 316 cm³/mol. The van der Waals surface area contributed by atoms with Crippen molar-refractivity contribution in [1.82, 2.24) is 5.32 Å². The maximum Gasteiger partial charge on any atom is 0.249 e. The number of hydrogen-bond donors (Lipinski definition) is 5. The molecule has 0 aliphatic heterocycles. The summed E-state index contributed by atoms with van der Waals surface area (Å²) in [6.07, 6.45) is 78.9. The largest absolute Gasteiger partial charge is 0.394 e. The van der Waals surface area contributed by atoms with Gasteiger partial charge in [0, 0.05) is 0 Å². The second-order valence-corrected chi connectivity index (χ2v) is 21.7. The average molecular weight is 1010 g/mol. The Balaban J connectivity index is 3.65. The van der Waals surface area contributed by atoms with E-state index in [4.69, 9.17) is 0 Å². The summed E-state index contributed by atoms with van der Waals surface area (Å²) in [5.74, 6) is -0.597. The number of carbonyl (C=O) groups is 1. The first-order chi connectivity index (χ1) is 35.5. The van der Waals surface area contributed by atoms with Crippen molar-refractivity contribution >= 4 is 5.91 Å². The van der Waals surface area contributed by atoms with E-state index in [-0.39, 0.29) is 0 Å². The molecule has 6 nitrogen and oxygen atoms in total. The minimum Gasteiger partial charge on any atom is -0.394 e. The summed E-state index contributed by atoms with van der Waals surface area (Å²) in [4.78, 5) is 12.6. The molecule has 0 bridgehead atoms. The quantitative estimate of drug-likeness (QED) is 0.0308. The van der Waals surface area contributed by atoms with Gasteiger partial charge in [0.25, 0.3) is 0 Å². The number of allylic oxidation sites excluding steroid dienone is 10.